The Morgan fingerprint density at radius 1 is 1.27 bits per heavy atom. The molecular weight excluding hydrogens is 346 g/mol. The van der Waals surface area contributed by atoms with Crippen LogP contribution in [0.5, 0.6) is 0 Å². The molecule has 0 aliphatic carbocycles. The molecule has 136 valence electrons. The Bertz CT molecular complexity index is 1010. The molecule has 1 atom stereocenters. The molecule has 0 saturated heterocycles. The fourth-order valence-electron chi connectivity index (χ4n) is 3.40. The third-order valence-electron chi connectivity index (χ3n) is 4.57. The van der Waals surface area contributed by atoms with E-state index >= 15 is 0 Å². The van der Waals surface area contributed by atoms with E-state index in [0.29, 0.717) is 24.1 Å². The molecule has 6 heteroatoms. The number of primary amides is 1. The molecule has 3 aromatic rings. The lowest BCUT2D eigenvalue weighted by Gasteiger charge is -2.19. The summed E-state index contributed by atoms with van der Waals surface area (Å²) in [6.45, 7) is 5.89. The highest BCUT2D eigenvalue weighted by atomic mass is 32.1. The van der Waals surface area contributed by atoms with Gasteiger partial charge in [0.05, 0.1) is 5.39 Å². The molecule has 2 N–H and O–H groups in total. The molecule has 0 radical (unpaired) electrons. The van der Waals surface area contributed by atoms with E-state index in [9.17, 15) is 9.59 Å². The van der Waals surface area contributed by atoms with Crippen LogP contribution >= 0.6 is 11.3 Å². The first-order valence-corrected chi connectivity index (χ1v) is 9.70. The van der Waals surface area contributed by atoms with Crippen LogP contribution in [0, 0.1) is 6.92 Å². The molecule has 3 rings (SSSR count). The maximum atomic E-state index is 13.5. The van der Waals surface area contributed by atoms with Crippen molar-refractivity contribution in [2.75, 3.05) is 0 Å². The minimum atomic E-state index is -0.676. The minimum Gasteiger partial charge on any atom is -0.368 e. The number of benzene rings is 1. The van der Waals surface area contributed by atoms with Crippen molar-refractivity contribution in [2.24, 2.45) is 5.73 Å². The molecule has 1 unspecified atom stereocenters. The van der Waals surface area contributed by atoms with E-state index in [1.165, 1.54) is 15.9 Å². The first kappa shape index (κ1) is 18.3. The Balaban J connectivity index is 2.40. The molecule has 1 amide bonds. The molecule has 2 heterocycles. The number of aryl methyl sites for hydroxylation is 2. The van der Waals surface area contributed by atoms with Crippen molar-refractivity contribution in [3.63, 3.8) is 0 Å². The lowest BCUT2D eigenvalue weighted by atomic mass is 10.0. The molecular formula is C20H23N3O2S. The number of rotatable bonds is 6. The first-order chi connectivity index (χ1) is 12.5. The number of fused-ring (bicyclic) bond motifs is 1. The van der Waals surface area contributed by atoms with Gasteiger partial charge in [0.1, 0.15) is 16.7 Å². The summed E-state index contributed by atoms with van der Waals surface area (Å²) in [4.78, 5) is 32.0. The van der Waals surface area contributed by atoms with E-state index in [1.807, 2.05) is 51.1 Å². The second-order valence-corrected chi connectivity index (χ2v) is 7.56. The molecule has 0 fully saturated rings. The third kappa shape index (κ3) is 3.05. The van der Waals surface area contributed by atoms with Crippen molar-refractivity contribution >= 4 is 27.5 Å². The van der Waals surface area contributed by atoms with Gasteiger partial charge in [0.15, 0.2) is 0 Å². The maximum Gasteiger partial charge on any atom is 0.263 e. The van der Waals surface area contributed by atoms with E-state index in [0.717, 1.165) is 27.3 Å². The predicted octanol–water partition coefficient (Wildman–Crippen LogP) is 3.82. The van der Waals surface area contributed by atoms with Crippen molar-refractivity contribution in [3.8, 4) is 11.1 Å². The number of amides is 1. The van der Waals surface area contributed by atoms with Crippen LogP contribution < -0.4 is 11.3 Å². The molecule has 0 aliphatic heterocycles. The number of carbonyl (C=O) groups is 1. The Hall–Kier alpha value is -2.47. The smallest absolute Gasteiger partial charge is 0.263 e. The van der Waals surface area contributed by atoms with E-state index in [1.54, 1.807) is 0 Å². The van der Waals surface area contributed by atoms with Crippen molar-refractivity contribution in [1.29, 1.82) is 0 Å². The number of carbonyl (C=O) groups excluding carboxylic acids is 1. The first-order valence-electron chi connectivity index (χ1n) is 8.88. The van der Waals surface area contributed by atoms with Crippen molar-refractivity contribution in [1.82, 2.24) is 9.55 Å². The lowest BCUT2D eigenvalue weighted by Crippen LogP contribution is -2.36. The Labute approximate surface area is 156 Å². The van der Waals surface area contributed by atoms with Gasteiger partial charge in [0.25, 0.3) is 5.56 Å². The Kier molecular flexibility index (Phi) is 5.23. The number of thiophene rings is 1. The van der Waals surface area contributed by atoms with Gasteiger partial charge in [-0.15, -0.1) is 11.3 Å². The van der Waals surface area contributed by atoms with E-state index in [4.69, 9.17) is 10.7 Å². The number of nitrogens with zero attached hydrogens (tertiary/aromatic N) is 2. The lowest BCUT2D eigenvalue weighted by molar-refractivity contribution is -0.121. The summed E-state index contributed by atoms with van der Waals surface area (Å²) in [6, 6.07) is 9.16. The molecule has 0 bridgehead atoms. The van der Waals surface area contributed by atoms with E-state index < -0.39 is 11.9 Å². The summed E-state index contributed by atoms with van der Waals surface area (Å²) in [6.07, 6.45) is 1.93. The van der Waals surface area contributed by atoms with Gasteiger partial charge in [-0.25, -0.2) is 4.98 Å². The highest BCUT2D eigenvalue weighted by Crippen LogP contribution is 2.36. The minimum absolute atomic E-state index is 0.174. The van der Waals surface area contributed by atoms with Gasteiger partial charge in [-0.05, 0) is 25.3 Å². The van der Waals surface area contributed by atoms with Crippen LogP contribution in [0.25, 0.3) is 21.3 Å². The summed E-state index contributed by atoms with van der Waals surface area (Å²) in [5.74, 6) is 0.137. The Morgan fingerprint density at radius 3 is 2.54 bits per heavy atom. The average molecular weight is 369 g/mol. The van der Waals surface area contributed by atoms with Crippen LogP contribution in [0.4, 0.5) is 0 Å². The maximum absolute atomic E-state index is 13.5. The molecule has 1 aromatic carbocycles. The quantitative estimate of drug-likeness (QED) is 0.717. The standard InChI is InChI=1S/C20H23N3O2S/c1-4-9-15-22-19-17(20(25)23(15)14(5-2)18(21)24)16(12(3)26-19)13-10-7-6-8-11-13/h6-8,10-11,14H,4-5,9H2,1-3H3,(H2,21,24). The molecule has 0 saturated carbocycles. The van der Waals surface area contributed by atoms with Crippen molar-refractivity contribution < 1.29 is 4.79 Å². The van der Waals surface area contributed by atoms with Gasteiger partial charge >= 0.3 is 0 Å². The number of hydrogen-bond acceptors (Lipinski definition) is 4. The molecule has 0 aliphatic rings. The summed E-state index contributed by atoms with van der Waals surface area (Å²) in [7, 11) is 0. The summed E-state index contributed by atoms with van der Waals surface area (Å²) in [5.41, 5.74) is 7.30. The van der Waals surface area contributed by atoms with E-state index in [-0.39, 0.29) is 5.56 Å². The zero-order valence-corrected chi connectivity index (χ0v) is 16.1. The van der Waals surface area contributed by atoms with Crippen molar-refractivity contribution in [2.45, 2.75) is 46.1 Å². The van der Waals surface area contributed by atoms with Crippen LogP contribution in [0.3, 0.4) is 0 Å². The molecule has 26 heavy (non-hydrogen) atoms. The van der Waals surface area contributed by atoms with Gasteiger partial charge in [0, 0.05) is 16.9 Å². The van der Waals surface area contributed by atoms with Crippen LogP contribution in [0.15, 0.2) is 35.1 Å². The average Bonchev–Trinajstić information content (AvgIpc) is 2.95. The third-order valence-corrected chi connectivity index (χ3v) is 5.57. The summed E-state index contributed by atoms with van der Waals surface area (Å²) < 4.78 is 1.52. The summed E-state index contributed by atoms with van der Waals surface area (Å²) in [5, 5.41) is 0.582. The zero-order valence-electron chi connectivity index (χ0n) is 15.3. The van der Waals surface area contributed by atoms with Gasteiger partial charge in [-0.3, -0.25) is 14.2 Å². The van der Waals surface area contributed by atoms with Crippen LogP contribution in [0.1, 0.15) is 43.4 Å². The fourth-order valence-corrected chi connectivity index (χ4v) is 4.46. The summed E-state index contributed by atoms with van der Waals surface area (Å²) >= 11 is 1.52. The Morgan fingerprint density at radius 2 is 1.96 bits per heavy atom. The largest absolute Gasteiger partial charge is 0.368 e. The van der Waals surface area contributed by atoms with Crippen molar-refractivity contribution in [3.05, 3.63) is 51.4 Å². The highest BCUT2D eigenvalue weighted by Gasteiger charge is 2.25. The molecule has 2 aromatic heterocycles. The van der Waals surface area contributed by atoms with Gasteiger partial charge in [0.2, 0.25) is 5.91 Å². The van der Waals surface area contributed by atoms with E-state index in [2.05, 4.69) is 0 Å². The molecule has 0 spiro atoms. The predicted molar refractivity (Wildman–Crippen MR) is 107 cm³/mol. The molecule has 5 nitrogen and oxygen atoms in total. The van der Waals surface area contributed by atoms with Crippen LogP contribution in [-0.2, 0) is 11.2 Å². The number of hydrogen-bond donors (Lipinski definition) is 1. The van der Waals surface area contributed by atoms with Crippen LogP contribution in [-0.4, -0.2) is 15.5 Å². The zero-order chi connectivity index (χ0) is 18.8. The fraction of sp³-hybridized carbons (Fsp3) is 0.350. The van der Waals surface area contributed by atoms with Gasteiger partial charge in [-0.1, -0.05) is 44.2 Å². The van der Waals surface area contributed by atoms with Gasteiger partial charge in [-0.2, -0.15) is 0 Å². The normalized spacial score (nSPS) is 12.4. The van der Waals surface area contributed by atoms with Crippen LogP contribution in [0.2, 0.25) is 0 Å². The van der Waals surface area contributed by atoms with Gasteiger partial charge < -0.3 is 5.73 Å². The second-order valence-electron chi connectivity index (χ2n) is 6.36. The monoisotopic (exact) mass is 369 g/mol. The number of nitrogens with two attached hydrogens (primary N) is 1. The second kappa shape index (κ2) is 7.41. The SMILES string of the molecule is CCCc1nc2sc(C)c(-c3ccccc3)c2c(=O)n1C(CC)C(N)=O. The number of aromatic nitrogens is 2. The topological polar surface area (TPSA) is 78.0 Å². The highest BCUT2D eigenvalue weighted by molar-refractivity contribution is 7.19.